The van der Waals surface area contributed by atoms with E-state index in [9.17, 15) is 18.0 Å². The second kappa shape index (κ2) is 6.98. The molecule has 0 saturated carbocycles. The van der Waals surface area contributed by atoms with Gasteiger partial charge >= 0.3 is 0 Å². The maximum atomic E-state index is 12.3. The van der Waals surface area contributed by atoms with Gasteiger partial charge in [-0.1, -0.05) is 26.0 Å². The van der Waals surface area contributed by atoms with Gasteiger partial charge in [-0.3, -0.25) is 9.59 Å². The van der Waals surface area contributed by atoms with Gasteiger partial charge in [0, 0.05) is 18.6 Å². The summed E-state index contributed by atoms with van der Waals surface area (Å²) in [6.07, 6.45) is 2.28. The molecular weight excluding hydrogens is 288 g/mol. The number of ketones is 2. The Kier molecular flexibility index (Phi) is 5.84. The van der Waals surface area contributed by atoms with E-state index < -0.39 is 21.7 Å². The minimum Gasteiger partial charge on any atom is -0.300 e. The van der Waals surface area contributed by atoms with Crippen molar-refractivity contribution in [2.75, 3.05) is 6.26 Å². The van der Waals surface area contributed by atoms with Gasteiger partial charge in [0.2, 0.25) is 0 Å². The second-order valence-electron chi connectivity index (χ2n) is 5.43. The van der Waals surface area contributed by atoms with E-state index in [0.29, 0.717) is 12.0 Å². The van der Waals surface area contributed by atoms with Gasteiger partial charge < -0.3 is 0 Å². The van der Waals surface area contributed by atoms with Crippen LogP contribution in [0.1, 0.15) is 45.1 Å². The van der Waals surface area contributed by atoms with Crippen molar-refractivity contribution in [1.82, 2.24) is 0 Å². The van der Waals surface area contributed by atoms with Crippen LogP contribution < -0.4 is 0 Å². The minimum absolute atomic E-state index is 0.0207. The van der Waals surface area contributed by atoms with Gasteiger partial charge in [-0.05, 0) is 31.0 Å². The summed E-state index contributed by atoms with van der Waals surface area (Å²) in [5.41, 5.74) is 0.698. The molecule has 1 aromatic carbocycles. The number of carbonyl (C=O) groups excluding carboxylic acids is 2. The van der Waals surface area contributed by atoms with Gasteiger partial charge in [0.15, 0.2) is 9.84 Å². The summed E-state index contributed by atoms with van der Waals surface area (Å²) in [7, 11) is -3.26. The molecule has 5 heteroatoms. The van der Waals surface area contributed by atoms with Gasteiger partial charge in [-0.25, -0.2) is 8.42 Å². The zero-order valence-electron chi connectivity index (χ0n) is 12.9. The number of benzene rings is 1. The summed E-state index contributed by atoms with van der Waals surface area (Å²) in [6.45, 7) is 5.13. The molecule has 0 bridgehead atoms. The lowest BCUT2D eigenvalue weighted by molar-refractivity contribution is -0.128. The first-order chi connectivity index (χ1) is 9.68. The fourth-order valence-corrected chi connectivity index (χ4v) is 2.94. The Hall–Kier alpha value is -1.49. The smallest absolute Gasteiger partial charge is 0.175 e. The molecule has 0 amide bonds. The van der Waals surface area contributed by atoms with Gasteiger partial charge in [-0.2, -0.15) is 0 Å². The highest BCUT2D eigenvalue weighted by atomic mass is 32.2. The summed E-state index contributed by atoms with van der Waals surface area (Å²) in [4.78, 5) is 24.2. The molecular formula is C16H22O4S. The Balaban J connectivity index is 3.20. The normalized spacial score (nSPS) is 14.5. The summed E-state index contributed by atoms with van der Waals surface area (Å²) >= 11 is 0. The van der Waals surface area contributed by atoms with Crippen LogP contribution in [0, 0.1) is 5.92 Å². The largest absolute Gasteiger partial charge is 0.300 e. The summed E-state index contributed by atoms with van der Waals surface area (Å²) in [6, 6.07) is 6.25. The first-order valence-electron chi connectivity index (χ1n) is 7.01. The van der Waals surface area contributed by atoms with E-state index in [1.54, 1.807) is 19.1 Å². The second-order valence-corrected chi connectivity index (χ2v) is 7.45. The molecule has 116 valence electrons. The van der Waals surface area contributed by atoms with Crippen LogP contribution in [0.15, 0.2) is 29.2 Å². The van der Waals surface area contributed by atoms with Gasteiger partial charge in [-0.15, -0.1) is 0 Å². The lowest BCUT2D eigenvalue weighted by Crippen LogP contribution is -2.24. The zero-order chi connectivity index (χ0) is 16.2. The Bertz CT molecular complexity index is 614. The van der Waals surface area contributed by atoms with Crippen molar-refractivity contribution in [3.63, 3.8) is 0 Å². The predicted molar refractivity (Wildman–Crippen MR) is 82.1 cm³/mol. The standard InChI is InChI=1S/C16H22O4S/c1-5-6-15(18)16(11(2)12(3)17)13-7-9-14(10-8-13)21(4,19)20/h7-11,16H,5-6H2,1-4H3. The maximum absolute atomic E-state index is 12.3. The first kappa shape index (κ1) is 17.6. The number of carbonyl (C=O) groups is 2. The molecule has 0 aliphatic heterocycles. The number of sulfone groups is 1. The SMILES string of the molecule is CCCC(=O)C(c1ccc(S(C)(=O)=O)cc1)C(C)C(C)=O. The average molecular weight is 310 g/mol. The molecule has 0 aliphatic carbocycles. The first-order valence-corrected chi connectivity index (χ1v) is 8.90. The topological polar surface area (TPSA) is 68.3 Å². The van der Waals surface area contributed by atoms with Crippen LogP contribution in [0.5, 0.6) is 0 Å². The molecule has 2 unspecified atom stereocenters. The molecule has 2 atom stereocenters. The Morgan fingerprint density at radius 3 is 2.05 bits per heavy atom. The molecule has 0 aliphatic rings. The third-order valence-electron chi connectivity index (χ3n) is 3.65. The van der Waals surface area contributed by atoms with Crippen LogP contribution in [0.3, 0.4) is 0 Å². The van der Waals surface area contributed by atoms with Crippen molar-refractivity contribution in [2.45, 2.75) is 44.4 Å². The van der Waals surface area contributed by atoms with E-state index in [1.165, 1.54) is 19.1 Å². The van der Waals surface area contributed by atoms with Gasteiger partial charge in [0.05, 0.1) is 10.8 Å². The van der Waals surface area contributed by atoms with E-state index >= 15 is 0 Å². The highest BCUT2D eigenvalue weighted by molar-refractivity contribution is 7.90. The van der Waals surface area contributed by atoms with Crippen molar-refractivity contribution >= 4 is 21.4 Å². The predicted octanol–water partition coefficient (Wildman–Crippen LogP) is 2.77. The monoisotopic (exact) mass is 310 g/mol. The molecule has 0 heterocycles. The van der Waals surface area contributed by atoms with Crippen LogP contribution in [0.2, 0.25) is 0 Å². The average Bonchev–Trinajstić information content (AvgIpc) is 2.38. The number of rotatable bonds is 7. The third-order valence-corrected chi connectivity index (χ3v) is 4.78. The van der Waals surface area contributed by atoms with E-state index in [4.69, 9.17) is 0 Å². The Morgan fingerprint density at radius 2 is 1.67 bits per heavy atom. The van der Waals surface area contributed by atoms with Gasteiger partial charge in [0.25, 0.3) is 0 Å². The molecule has 0 fully saturated rings. The zero-order valence-corrected chi connectivity index (χ0v) is 13.7. The molecule has 0 saturated heterocycles. The lowest BCUT2D eigenvalue weighted by Gasteiger charge is -2.21. The highest BCUT2D eigenvalue weighted by Crippen LogP contribution is 2.29. The lowest BCUT2D eigenvalue weighted by atomic mass is 9.80. The Labute approximate surface area is 126 Å². The van der Waals surface area contributed by atoms with Crippen LogP contribution >= 0.6 is 0 Å². The van der Waals surface area contributed by atoms with Crippen molar-refractivity contribution in [2.24, 2.45) is 5.92 Å². The van der Waals surface area contributed by atoms with Crippen LogP contribution in [-0.2, 0) is 19.4 Å². The molecule has 0 aromatic heterocycles. The number of hydrogen-bond acceptors (Lipinski definition) is 4. The van der Waals surface area contributed by atoms with Gasteiger partial charge in [0.1, 0.15) is 11.6 Å². The molecule has 0 spiro atoms. The summed E-state index contributed by atoms with van der Waals surface area (Å²) in [5, 5.41) is 0. The molecule has 0 N–H and O–H groups in total. The number of Topliss-reactive ketones (excluding diaryl/α,β-unsaturated/α-hetero) is 2. The van der Waals surface area contributed by atoms with Crippen LogP contribution in [-0.4, -0.2) is 26.2 Å². The van der Waals surface area contributed by atoms with Crippen LogP contribution in [0.25, 0.3) is 0 Å². The van der Waals surface area contributed by atoms with Crippen LogP contribution in [0.4, 0.5) is 0 Å². The van der Waals surface area contributed by atoms with Crippen molar-refractivity contribution in [3.8, 4) is 0 Å². The molecule has 0 radical (unpaired) electrons. The van der Waals surface area contributed by atoms with E-state index in [0.717, 1.165) is 12.7 Å². The molecule has 1 aromatic rings. The molecule has 21 heavy (non-hydrogen) atoms. The number of hydrogen-bond donors (Lipinski definition) is 0. The quantitative estimate of drug-likeness (QED) is 0.776. The summed E-state index contributed by atoms with van der Waals surface area (Å²) < 4.78 is 22.9. The third kappa shape index (κ3) is 4.49. The fourth-order valence-electron chi connectivity index (χ4n) is 2.31. The van der Waals surface area contributed by atoms with Crippen molar-refractivity contribution < 1.29 is 18.0 Å². The molecule has 4 nitrogen and oxygen atoms in total. The summed E-state index contributed by atoms with van der Waals surface area (Å²) in [5.74, 6) is -0.937. The van der Waals surface area contributed by atoms with E-state index in [-0.39, 0.29) is 16.5 Å². The van der Waals surface area contributed by atoms with Crippen molar-refractivity contribution in [1.29, 1.82) is 0 Å². The Morgan fingerprint density at radius 1 is 1.14 bits per heavy atom. The minimum atomic E-state index is -3.26. The van der Waals surface area contributed by atoms with Crippen molar-refractivity contribution in [3.05, 3.63) is 29.8 Å². The van der Waals surface area contributed by atoms with E-state index in [1.807, 2.05) is 6.92 Å². The fraction of sp³-hybridized carbons (Fsp3) is 0.500. The highest BCUT2D eigenvalue weighted by Gasteiger charge is 2.29. The maximum Gasteiger partial charge on any atom is 0.175 e. The molecule has 1 rings (SSSR count). The van der Waals surface area contributed by atoms with E-state index in [2.05, 4.69) is 0 Å².